The Bertz CT molecular complexity index is 225. The lowest BCUT2D eigenvalue weighted by molar-refractivity contribution is -0.123. The summed E-state index contributed by atoms with van der Waals surface area (Å²) in [7, 11) is 1.98. The van der Waals surface area contributed by atoms with E-state index in [-0.39, 0.29) is 0 Å². The van der Waals surface area contributed by atoms with E-state index in [0.717, 1.165) is 26.1 Å². The number of nitrogens with zero attached hydrogens (tertiary/aromatic N) is 1. The summed E-state index contributed by atoms with van der Waals surface area (Å²) in [5.41, 5.74) is 10.1. The summed E-state index contributed by atoms with van der Waals surface area (Å²) in [6.07, 6.45) is 1.98. The fourth-order valence-electron chi connectivity index (χ4n) is 1.85. The molecule has 1 saturated heterocycles. The average Bonchev–Trinajstić information content (AvgIpc) is 2.18. The average molecular weight is 215 g/mol. The van der Waals surface area contributed by atoms with E-state index in [9.17, 15) is 4.79 Å². The van der Waals surface area contributed by atoms with Crippen molar-refractivity contribution in [1.29, 1.82) is 0 Å². The SMILES string of the molecule is CN(CC(C)(N)C(N)=O)C1CCOCC1. The van der Waals surface area contributed by atoms with Crippen LogP contribution in [0.4, 0.5) is 0 Å². The highest BCUT2D eigenvalue weighted by Crippen LogP contribution is 2.14. The molecule has 1 atom stereocenters. The molecule has 15 heavy (non-hydrogen) atoms. The maximum Gasteiger partial charge on any atom is 0.238 e. The molecule has 1 heterocycles. The zero-order valence-corrected chi connectivity index (χ0v) is 9.53. The number of carbonyl (C=O) groups is 1. The second kappa shape index (κ2) is 4.92. The highest BCUT2D eigenvalue weighted by atomic mass is 16.5. The van der Waals surface area contributed by atoms with Gasteiger partial charge in [0.1, 0.15) is 5.54 Å². The van der Waals surface area contributed by atoms with E-state index in [0.29, 0.717) is 12.6 Å². The Hall–Kier alpha value is -0.650. The second-order valence-electron chi connectivity index (χ2n) is 4.54. The lowest BCUT2D eigenvalue weighted by atomic mass is 10.00. The molecule has 88 valence electrons. The van der Waals surface area contributed by atoms with E-state index in [1.807, 2.05) is 7.05 Å². The number of hydrogen-bond acceptors (Lipinski definition) is 4. The molecule has 5 nitrogen and oxygen atoms in total. The van der Waals surface area contributed by atoms with E-state index in [1.165, 1.54) is 0 Å². The van der Waals surface area contributed by atoms with Crippen molar-refractivity contribution >= 4 is 5.91 Å². The minimum Gasteiger partial charge on any atom is -0.381 e. The van der Waals surface area contributed by atoms with Gasteiger partial charge >= 0.3 is 0 Å². The van der Waals surface area contributed by atoms with Crippen molar-refractivity contribution in [2.45, 2.75) is 31.3 Å². The number of nitrogens with two attached hydrogens (primary N) is 2. The normalized spacial score (nSPS) is 22.7. The Labute approximate surface area is 90.7 Å². The first-order valence-electron chi connectivity index (χ1n) is 5.30. The van der Waals surface area contributed by atoms with Gasteiger partial charge in [-0.2, -0.15) is 0 Å². The summed E-state index contributed by atoms with van der Waals surface area (Å²) in [5, 5.41) is 0. The smallest absolute Gasteiger partial charge is 0.238 e. The highest BCUT2D eigenvalue weighted by Gasteiger charge is 2.30. The van der Waals surface area contributed by atoms with E-state index in [1.54, 1.807) is 6.92 Å². The van der Waals surface area contributed by atoms with Crippen LogP contribution < -0.4 is 11.5 Å². The summed E-state index contributed by atoms with van der Waals surface area (Å²) in [4.78, 5) is 13.2. The molecule has 1 unspecified atom stereocenters. The number of ether oxygens (including phenoxy) is 1. The van der Waals surface area contributed by atoms with Crippen LogP contribution in [-0.4, -0.2) is 49.2 Å². The number of hydrogen-bond donors (Lipinski definition) is 2. The molecule has 1 aliphatic rings. The van der Waals surface area contributed by atoms with Gasteiger partial charge in [0.15, 0.2) is 0 Å². The molecular formula is C10H21N3O2. The topological polar surface area (TPSA) is 81.6 Å². The molecule has 1 aliphatic heterocycles. The van der Waals surface area contributed by atoms with Crippen molar-refractivity contribution in [3.63, 3.8) is 0 Å². The molecule has 0 radical (unpaired) electrons. The maximum absolute atomic E-state index is 11.1. The molecule has 0 bridgehead atoms. The van der Waals surface area contributed by atoms with E-state index in [4.69, 9.17) is 16.2 Å². The summed E-state index contributed by atoms with van der Waals surface area (Å²) < 4.78 is 5.28. The third kappa shape index (κ3) is 3.44. The molecule has 0 aliphatic carbocycles. The van der Waals surface area contributed by atoms with Crippen molar-refractivity contribution in [3.05, 3.63) is 0 Å². The minimum atomic E-state index is -0.951. The first kappa shape index (κ1) is 12.4. The monoisotopic (exact) mass is 215 g/mol. The predicted octanol–water partition coefficient (Wildman–Crippen LogP) is -0.700. The molecular weight excluding hydrogens is 194 g/mol. The van der Waals surface area contributed by atoms with Gasteiger partial charge in [-0.3, -0.25) is 4.79 Å². The summed E-state index contributed by atoms with van der Waals surface area (Å²) in [6, 6.07) is 0.445. The van der Waals surface area contributed by atoms with Gasteiger partial charge in [0.05, 0.1) is 0 Å². The van der Waals surface area contributed by atoms with Crippen molar-refractivity contribution in [1.82, 2.24) is 4.90 Å². The number of primary amides is 1. The summed E-state index contributed by atoms with van der Waals surface area (Å²) in [5.74, 6) is -0.457. The van der Waals surface area contributed by atoms with Crippen molar-refractivity contribution in [2.75, 3.05) is 26.8 Å². The van der Waals surface area contributed by atoms with Crippen LogP contribution in [0, 0.1) is 0 Å². The molecule has 4 N–H and O–H groups in total. The van der Waals surface area contributed by atoms with Crippen LogP contribution in [0.1, 0.15) is 19.8 Å². The highest BCUT2D eigenvalue weighted by molar-refractivity contribution is 5.84. The summed E-state index contributed by atoms with van der Waals surface area (Å²) in [6.45, 7) is 3.73. The second-order valence-corrected chi connectivity index (χ2v) is 4.54. The molecule has 0 aromatic heterocycles. The predicted molar refractivity (Wildman–Crippen MR) is 58.3 cm³/mol. The fourth-order valence-corrected chi connectivity index (χ4v) is 1.85. The van der Waals surface area contributed by atoms with Crippen LogP contribution in [0.5, 0.6) is 0 Å². The molecule has 0 spiro atoms. The standard InChI is InChI=1S/C10H21N3O2/c1-10(12,9(11)14)7-13(2)8-3-5-15-6-4-8/h8H,3-7,12H2,1-2H3,(H2,11,14). The van der Waals surface area contributed by atoms with Gasteiger partial charge in [-0.1, -0.05) is 0 Å². The lowest BCUT2D eigenvalue weighted by Crippen LogP contribution is -2.58. The Morgan fingerprint density at radius 2 is 2.07 bits per heavy atom. The van der Waals surface area contributed by atoms with Crippen LogP contribution in [-0.2, 0) is 9.53 Å². The molecule has 0 saturated carbocycles. The van der Waals surface area contributed by atoms with Gasteiger partial charge in [0.2, 0.25) is 5.91 Å². The van der Waals surface area contributed by atoms with Gasteiger partial charge in [-0.05, 0) is 26.8 Å². The molecule has 0 aromatic rings. The van der Waals surface area contributed by atoms with Crippen molar-refractivity contribution in [3.8, 4) is 0 Å². The summed E-state index contributed by atoms with van der Waals surface area (Å²) >= 11 is 0. The molecule has 1 amide bonds. The zero-order valence-electron chi connectivity index (χ0n) is 9.53. The van der Waals surface area contributed by atoms with Gasteiger partial charge in [0, 0.05) is 25.8 Å². The quantitative estimate of drug-likeness (QED) is 0.649. The van der Waals surface area contributed by atoms with Crippen LogP contribution in [0.3, 0.4) is 0 Å². The third-order valence-corrected chi connectivity index (χ3v) is 2.95. The number of rotatable bonds is 4. The van der Waals surface area contributed by atoms with E-state index in [2.05, 4.69) is 4.90 Å². The van der Waals surface area contributed by atoms with Gasteiger partial charge in [-0.15, -0.1) is 0 Å². The number of carbonyl (C=O) groups excluding carboxylic acids is 1. The van der Waals surface area contributed by atoms with E-state index >= 15 is 0 Å². The fraction of sp³-hybridized carbons (Fsp3) is 0.900. The Morgan fingerprint density at radius 3 is 2.53 bits per heavy atom. The number of likely N-dealkylation sites (N-methyl/N-ethyl adjacent to an activating group) is 1. The van der Waals surface area contributed by atoms with Crippen LogP contribution in [0.2, 0.25) is 0 Å². The minimum absolute atomic E-state index is 0.445. The first-order chi connectivity index (χ1) is 6.93. The molecule has 1 rings (SSSR count). The molecule has 1 fully saturated rings. The Morgan fingerprint density at radius 1 is 1.53 bits per heavy atom. The zero-order chi connectivity index (χ0) is 11.5. The molecule has 5 heteroatoms. The first-order valence-corrected chi connectivity index (χ1v) is 5.30. The Balaban J connectivity index is 2.46. The van der Waals surface area contributed by atoms with E-state index < -0.39 is 11.4 Å². The van der Waals surface area contributed by atoms with Gasteiger partial charge in [0.25, 0.3) is 0 Å². The van der Waals surface area contributed by atoms with Gasteiger partial charge < -0.3 is 21.1 Å². The number of amides is 1. The van der Waals surface area contributed by atoms with Crippen molar-refractivity contribution in [2.24, 2.45) is 11.5 Å². The van der Waals surface area contributed by atoms with Crippen LogP contribution in [0.25, 0.3) is 0 Å². The Kier molecular flexibility index (Phi) is 4.07. The largest absolute Gasteiger partial charge is 0.381 e. The van der Waals surface area contributed by atoms with Crippen LogP contribution in [0.15, 0.2) is 0 Å². The molecule has 0 aromatic carbocycles. The van der Waals surface area contributed by atoms with Gasteiger partial charge in [-0.25, -0.2) is 0 Å². The lowest BCUT2D eigenvalue weighted by Gasteiger charge is -2.35. The van der Waals surface area contributed by atoms with Crippen molar-refractivity contribution < 1.29 is 9.53 Å². The van der Waals surface area contributed by atoms with Crippen LogP contribution >= 0.6 is 0 Å². The maximum atomic E-state index is 11.1. The third-order valence-electron chi connectivity index (χ3n) is 2.95.